The molecule has 0 spiro atoms. The van der Waals surface area contributed by atoms with Crippen molar-refractivity contribution < 1.29 is 29.3 Å². The molecule has 0 aromatic heterocycles. The van der Waals surface area contributed by atoms with Gasteiger partial charge in [-0.05, 0) is 47.5 Å². The molecule has 2 aromatic carbocycles. The van der Waals surface area contributed by atoms with Crippen molar-refractivity contribution in [1.29, 1.82) is 0 Å². The zero-order valence-corrected chi connectivity index (χ0v) is 17.7. The molecular weight excluding hydrogens is 424 g/mol. The van der Waals surface area contributed by atoms with Gasteiger partial charge in [0.05, 0.1) is 38.2 Å². The Morgan fingerprint density at radius 1 is 0.871 bits per heavy atom. The number of benzene rings is 2. The third kappa shape index (κ3) is 7.90. The highest BCUT2D eigenvalue weighted by Gasteiger charge is 2.05. The van der Waals surface area contributed by atoms with Gasteiger partial charge in [-0.25, -0.2) is 10.9 Å². The van der Waals surface area contributed by atoms with Crippen LogP contribution in [0.25, 0.3) is 0 Å². The summed E-state index contributed by atoms with van der Waals surface area (Å²) in [7, 11) is 2.86. The summed E-state index contributed by atoms with van der Waals surface area (Å²) in [4.78, 5) is 23.5. The summed E-state index contributed by atoms with van der Waals surface area (Å²) in [5.41, 5.74) is 5.96. The molecule has 0 radical (unpaired) electrons. The van der Waals surface area contributed by atoms with Gasteiger partial charge in [-0.2, -0.15) is 10.2 Å². The molecule has 4 N–H and O–H groups in total. The van der Waals surface area contributed by atoms with Crippen molar-refractivity contribution >= 4 is 36.0 Å². The predicted molar refractivity (Wildman–Crippen MR) is 118 cm³/mol. The smallest absolute Gasteiger partial charge is 0.250 e. The summed E-state index contributed by atoms with van der Waals surface area (Å²) in [6.45, 7) is 0. The fraction of sp³-hybridized carbons (Fsp3) is 0.200. The van der Waals surface area contributed by atoms with Gasteiger partial charge in [-0.1, -0.05) is 0 Å². The monoisotopic (exact) mass is 446 g/mol. The first kappa shape index (κ1) is 23.5. The minimum absolute atomic E-state index is 0.00508. The van der Waals surface area contributed by atoms with Gasteiger partial charge in [0.15, 0.2) is 23.0 Å². The van der Waals surface area contributed by atoms with Crippen molar-refractivity contribution in [3.05, 3.63) is 47.5 Å². The number of hydrogen-bond acceptors (Lipinski definition) is 9. The maximum Gasteiger partial charge on any atom is 0.250 e. The number of thioether (sulfide) groups is 1. The Bertz CT molecular complexity index is 903. The maximum atomic E-state index is 11.8. The fourth-order valence-corrected chi connectivity index (χ4v) is 2.81. The number of aromatic hydroxyl groups is 2. The minimum Gasteiger partial charge on any atom is -0.504 e. The Morgan fingerprint density at radius 3 is 1.68 bits per heavy atom. The lowest BCUT2D eigenvalue weighted by Crippen LogP contribution is -2.23. The van der Waals surface area contributed by atoms with E-state index < -0.39 is 0 Å². The van der Waals surface area contributed by atoms with E-state index >= 15 is 0 Å². The van der Waals surface area contributed by atoms with Crippen molar-refractivity contribution in [3.8, 4) is 23.0 Å². The Hall–Kier alpha value is -3.73. The van der Waals surface area contributed by atoms with Gasteiger partial charge in [-0.3, -0.25) is 9.59 Å². The molecule has 2 rings (SSSR count). The maximum absolute atomic E-state index is 11.8. The largest absolute Gasteiger partial charge is 0.504 e. The van der Waals surface area contributed by atoms with Crippen LogP contribution in [0.4, 0.5) is 0 Å². The molecule has 164 valence electrons. The molecule has 0 saturated heterocycles. The van der Waals surface area contributed by atoms with Gasteiger partial charge < -0.3 is 19.7 Å². The summed E-state index contributed by atoms with van der Waals surface area (Å²) in [5.74, 6) is -0.0894. The summed E-state index contributed by atoms with van der Waals surface area (Å²) in [6.07, 6.45) is 2.81. The zero-order chi connectivity index (χ0) is 22.6. The third-order valence-electron chi connectivity index (χ3n) is 3.68. The number of amides is 2. The molecule has 11 heteroatoms. The number of carbonyl (C=O) groups is 2. The van der Waals surface area contributed by atoms with E-state index in [0.29, 0.717) is 22.6 Å². The molecule has 0 aliphatic heterocycles. The van der Waals surface area contributed by atoms with Crippen LogP contribution in [-0.4, -0.2) is 60.2 Å². The normalized spacial score (nSPS) is 10.9. The third-order valence-corrected chi connectivity index (χ3v) is 4.61. The minimum atomic E-state index is -0.375. The summed E-state index contributed by atoms with van der Waals surface area (Å²) in [6, 6.07) is 9.27. The highest BCUT2D eigenvalue weighted by molar-refractivity contribution is 8.00. The van der Waals surface area contributed by atoms with E-state index in [-0.39, 0.29) is 34.8 Å². The first-order valence-corrected chi connectivity index (χ1v) is 10.0. The molecule has 2 amide bonds. The first-order valence-electron chi connectivity index (χ1n) is 8.88. The second kappa shape index (κ2) is 12.1. The van der Waals surface area contributed by atoms with Crippen LogP contribution < -0.4 is 20.3 Å². The van der Waals surface area contributed by atoms with Gasteiger partial charge in [0.25, 0.3) is 0 Å². The van der Waals surface area contributed by atoms with Crippen LogP contribution in [0.15, 0.2) is 46.6 Å². The van der Waals surface area contributed by atoms with Crippen molar-refractivity contribution in [2.75, 3.05) is 25.7 Å². The van der Waals surface area contributed by atoms with E-state index in [0.717, 1.165) is 11.8 Å². The second-order valence-electron chi connectivity index (χ2n) is 5.94. The van der Waals surface area contributed by atoms with Crippen molar-refractivity contribution in [2.45, 2.75) is 0 Å². The summed E-state index contributed by atoms with van der Waals surface area (Å²) < 4.78 is 9.98. The zero-order valence-electron chi connectivity index (χ0n) is 16.9. The van der Waals surface area contributed by atoms with Crippen LogP contribution in [0, 0.1) is 0 Å². The molecule has 0 bridgehead atoms. The highest BCUT2D eigenvalue weighted by Crippen LogP contribution is 2.26. The van der Waals surface area contributed by atoms with Gasteiger partial charge in [-0.15, -0.1) is 11.8 Å². The van der Waals surface area contributed by atoms with Gasteiger partial charge >= 0.3 is 0 Å². The van der Waals surface area contributed by atoms with Crippen LogP contribution in [0.3, 0.4) is 0 Å². The Balaban J connectivity index is 1.69. The number of rotatable bonds is 10. The number of hydrazone groups is 2. The Kier molecular flexibility index (Phi) is 9.17. The van der Waals surface area contributed by atoms with Crippen LogP contribution in [0.5, 0.6) is 23.0 Å². The molecular formula is C20H22N4O6S. The fourth-order valence-electron chi connectivity index (χ4n) is 2.21. The lowest BCUT2D eigenvalue weighted by atomic mass is 10.2. The van der Waals surface area contributed by atoms with Crippen LogP contribution in [0.1, 0.15) is 11.1 Å². The number of phenolic OH excluding ortho intramolecular Hbond substituents is 2. The predicted octanol–water partition coefficient (Wildman–Crippen LogP) is 1.45. The Labute approximate surface area is 183 Å². The van der Waals surface area contributed by atoms with Crippen LogP contribution >= 0.6 is 11.8 Å². The SMILES string of the molecule is COc1cc(/C=N\NC(=O)CSCC(=O)N/N=C\c2ccc(O)c(OC)c2)ccc1O. The van der Waals surface area contributed by atoms with E-state index in [4.69, 9.17) is 9.47 Å². The highest BCUT2D eigenvalue weighted by atomic mass is 32.2. The number of nitrogens with zero attached hydrogens (tertiary/aromatic N) is 2. The van der Waals surface area contributed by atoms with E-state index in [1.54, 1.807) is 24.3 Å². The van der Waals surface area contributed by atoms with Gasteiger partial charge in [0.1, 0.15) is 0 Å². The lowest BCUT2D eigenvalue weighted by Gasteiger charge is -2.04. The molecule has 10 nitrogen and oxygen atoms in total. The number of phenols is 2. The molecule has 0 atom stereocenters. The molecule has 0 aliphatic rings. The number of methoxy groups -OCH3 is 2. The number of carbonyl (C=O) groups excluding carboxylic acids is 2. The Morgan fingerprint density at radius 2 is 1.29 bits per heavy atom. The molecule has 31 heavy (non-hydrogen) atoms. The van der Waals surface area contributed by atoms with E-state index in [9.17, 15) is 19.8 Å². The number of hydrogen-bond donors (Lipinski definition) is 4. The van der Waals surface area contributed by atoms with Gasteiger partial charge in [0, 0.05) is 0 Å². The summed E-state index contributed by atoms with van der Waals surface area (Å²) >= 11 is 1.10. The molecule has 0 unspecified atom stereocenters. The molecule has 0 fully saturated rings. The van der Waals surface area contributed by atoms with Crippen molar-refractivity contribution in [3.63, 3.8) is 0 Å². The topological polar surface area (TPSA) is 142 Å². The van der Waals surface area contributed by atoms with Crippen LogP contribution in [0.2, 0.25) is 0 Å². The molecule has 0 saturated carbocycles. The van der Waals surface area contributed by atoms with Crippen LogP contribution in [-0.2, 0) is 9.59 Å². The van der Waals surface area contributed by atoms with Crippen molar-refractivity contribution in [1.82, 2.24) is 10.9 Å². The molecule has 0 aliphatic carbocycles. The molecule has 0 heterocycles. The first-order chi connectivity index (χ1) is 14.9. The number of ether oxygens (including phenoxy) is 2. The lowest BCUT2D eigenvalue weighted by molar-refractivity contribution is -0.118. The average Bonchev–Trinajstić information content (AvgIpc) is 2.76. The number of nitrogens with one attached hydrogen (secondary N) is 2. The average molecular weight is 446 g/mol. The van der Waals surface area contributed by atoms with E-state index in [1.165, 1.54) is 38.8 Å². The van der Waals surface area contributed by atoms with E-state index in [2.05, 4.69) is 21.1 Å². The van der Waals surface area contributed by atoms with E-state index in [1.807, 2.05) is 0 Å². The summed E-state index contributed by atoms with van der Waals surface area (Å²) in [5, 5.41) is 26.7. The van der Waals surface area contributed by atoms with Gasteiger partial charge in [0.2, 0.25) is 11.8 Å². The van der Waals surface area contributed by atoms with Crippen molar-refractivity contribution in [2.24, 2.45) is 10.2 Å². The molecule has 2 aromatic rings. The standard InChI is InChI=1S/C20H22N4O6S/c1-29-17-7-13(3-5-15(17)25)9-21-23-19(27)11-31-12-20(28)24-22-10-14-4-6-16(26)18(8-14)30-2/h3-10,25-26H,11-12H2,1-2H3,(H,23,27)(H,24,28)/b21-9-,22-10-. The quantitative estimate of drug-likeness (QED) is 0.320. The second-order valence-corrected chi connectivity index (χ2v) is 6.93.